The van der Waals surface area contributed by atoms with Gasteiger partial charge in [-0.25, -0.2) is 0 Å². The van der Waals surface area contributed by atoms with E-state index in [0.717, 1.165) is 12.5 Å². The van der Waals surface area contributed by atoms with Gasteiger partial charge in [-0.15, -0.1) is 0 Å². The van der Waals surface area contributed by atoms with Crippen LogP contribution in [0.4, 0.5) is 0 Å². The van der Waals surface area contributed by atoms with Crippen LogP contribution in [0.3, 0.4) is 0 Å². The second kappa shape index (κ2) is 4.19. The molecule has 2 N–H and O–H groups in total. The van der Waals surface area contributed by atoms with Crippen LogP contribution in [0.15, 0.2) is 0 Å². The molecule has 2 rings (SSSR count). The molecule has 1 spiro atoms. The molecule has 1 saturated carbocycles. The first-order valence-corrected chi connectivity index (χ1v) is 6.20. The van der Waals surface area contributed by atoms with E-state index < -0.39 is 0 Å². The first-order chi connectivity index (χ1) is 6.72. The molecule has 0 bridgehead atoms. The van der Waals surface area contributed by atoms with Crippen molar-refractivity contribution in [3.8, 4) is 0 Å². The Labute approximate surface area is 87.8 Å². The van der Waals surface area contributed by atoms with Gasteiger partial charge in [0, 0.05) is 24.7 Å². The maximum atomic E-state index is 3.91. The van der Waals surface area contributed by atoms with Crippen LogP contribution in [-0.4, -0.2) is 24.7 Å². The van der Waals surface area contributed by atoms with Crippen molar-refractivity contribution in [2.45, 2.75) is 57.5 Å². The number of hydrogen-bond donors (Lipinski definition) is 2. The molecule has 0 aromatic rings. The van der Waals surface area contributed by atoms with Crippen LogP contribution in [0.1, 0.15) is 46.0 Å². The topological polar surface area (TPSA) is 24.1 Å². The lowest BCUT2D eigenvalue weighted by Crippen LogP contribution is -2.65. The normalized spacial score (nSPS) is 32.4. The highest BCUT2D eigenvalue weighted by Gasteiger charge is 2.37. The summed E-state index contributed by atoms with van der Waals surface area (Å²) in [5.41, 5.74) is 0.450. The molecule has 14 heavy (non-hydrogen) atoms. The standard InChI is InChI=1S/C12H24N2/c1-10(2)11-8-13-9-12(14-11)6-4-3-5-7-12/h10-11,13-14H,3-9H2,1-2H3. The summed E-state index contributed by atoms with van der Waals surface area (Å²) in [6.45, 7) is 6.98. The maximum Gasteiger partial charge on any atom is 0.0309 e. The lowest BCUT2D eigenvalue weighted by atomic mass is 9.79. The minimum absolute atomic E-state index is 0.450. The molecule has 0 aromatic heterocycles. The number of hydrogen-bond acceptors (Lipinski definition) is 2. The van der Waals surface area contributed by atoms with E-state index in [0.29, 0.717) is 11.6 Å². The fraction of sp³-hybridized carbons (Fsp3) is 1.00. The predicted octanol–water partition coefficient (Wildman–Crippen LogP) is 1.91. The summed E-state index contributed by atoms with van der Waals surface area (Å²) in [5.74, 6) is 0.751. The van der Waals surface area contributed by atoms with Gasteiger partial charge in [0.1, 0.15) is 0 Å². The Morgan fingerprint density at radius 1 is 1.14 bits per heavy atom. The molecule has 1 aliphatic heterocycles. The van der Waals surface area contributed by atoms with Crippen molar-refractivity contribution in [3.63, 3.8) is 0 Å². The van der Waals surface area contributed by atoms with Crippen LogP contribution in [0, 0.1) is 5.92 Å². The molecule has 1 atom stereocenters. The Morgan fingerprint density at radius 2 is 1.86 bits per heavy atom. The van der Waals surface area contributed by atoms with E-state index in [9.17, 15) is 0 Å². The summed E-state index contributed by atoms with van der Waals surface area (Å²) in [5, 5.41) is 7.52. The highest BCUT2D eigenvalue weighted by atomic mass is 15.1. The van der Waals surface area contributed by atoms with E-state index in [1.165, 1.54) is 38.6 Å². The monoisotopic (exact) mass is 196 g/mol. The number of piperazine rings is 1. The second-order valence-corrected chi connectivity index (χ2v) is 5.47. The molecule has 2 fully saturated rings. The lowest BCUT2D eigenvalue weighted by molar-refractivity contribution is 0.146. The third kappa shape index (κ3) is 2.12. The molecule has 2 nitrogen and oxygen atoms in total. The van der Waals surface area contributed by atoms with E-state index in [-0.39, 0.29) is 0 Å². The first-order valence-electron chi connectivity index (χ1n) is 6.20. The smallest absolute Gasteiger partial charge is 0.0309 e. The van der Waals surface area contributed by atoms with E-state index in [4.69, 9.17) is 0 Å². The van der Waals surface area contributed by atoms with Crippen LogP contribution in [0.25, 0.3) is 0 Å². The van der Waals surface area contributed by atoms with Crippen molar-refractivity contribution in [2.24, 2.45) is 5.92 Å². The van der Waals surface area contributed by atoms with Gasteiger partial charge in [-0.3, -0.25) is 0 Å². The van der Waals surface area contributed by atoms with Gasteiger partial charge in [-0.2, -0.15) is 0 Å². The molecule has 2 heteroatoms. The summed E-state index contributed by atoms with van der Waals surface area (Å²) in [7, 11) is 0. The van der Waals surface area contributed by atoms with Crippen LogP contribution in [-0.2, 0) is 0 Å². The summed E-state index contributed by atoms with van der Waals surface area (Å²) >= 11 is 0. The molecule has 0 amide bonds. The van der Waals surface area contributed by atoms with Crippen molar-refractivity contribution in [3.05, 3.63) is 0 Å². The summed E-state index contributed by atoms with van der Waals surface area (Å²) in [4.78, 5) is 0. The molecule has 2 aliphatic rings. The first kappa shape index (κ1) is 10.4. The van der Waals surface area contributed by atoms with Gasteiger partial charge in [0.25, 0.3) is 0 Å². The predicted molar refractivity (Wildman–Crippen MR) is 60.4 cm³/mol. The molecule has 1 heterocycles. The lowest BCUT2D eigenvalue weighted by Gasteiger charge is -2.46. The Hall–Kier alpha value is -0.0800. The molecule has 0 radical (unpaired) electrons. The summed E-state index contributed by atoms with van der Waals surface area (Å²) in [6, 6.07) is 0.682. The van der Waals surface area contributed by atoms with Crippen molar-refractivity contribution in [2.75, 3.05) is 13.1 Å². The van der Waals surface area contributed by atoms with Crippen molar-refractivity contribution >= 4 is 0 Å². The summed E-state index contributed by atoms with van der Waals surface area (Å²) in [6.07, 6.45) is 7.03. The van der Waals surface area contributed by atoms with Gasteiger partial charge in [-0.05, 0) is 18.8 Å². The van der Waals surface area contributed by atoms with Gasteiger partial charge in [0.15, 0.2) is 0 Å². The minimum atomic E-state index is 0.450. The number of nitrogens with one attached hydrogen (secondary N) is 2. The zero-order chi connectivity index (χ0) is 10.0. The maximum absolute atomic E-state index is 3.91. The quantitative estimate of drug-likeness (QED) is 0.669. The largest absolute Gasteiger partial charge is 0.313 e. The zero-order valence-electron chi connectivity index (χ0n) is 9.60. The Morgan fingerprint density at radius 3 is 2.50 bits per heavy atom. The van der Waals surface area contributed by atoms with E-state index >= 15 is 0 Å². The average molecular weight is 196 g/mol. The SMILES string of the molecule is CC(C)C1CNCC2(CCCCC2)N1. The van der Waals surface area contributed by atoms with E-state index in [1.807, 2.05) is 0 Å². The fourth-order valence-corrected chi connectivity index (χ4v) is 2.91. The molecular formula is C12H24N2. The van der Waals surface area contributed by atoms with E-state index in [2.05, 4.69) is 24.5 Å². The van der Waals surface area contributed by atoms with E-state index in [1.54, 1.807) is 0 Å². The Bertz CT molecular complexity index is 177. The number of rotatable bonds is 1. The molecule has 0 aromatic carbocycles. The van der Waals surface area contributed by atoms with Crippen molar-refractivity contribution in [1.82, 2.24) is 10.6 Å². The Balaban J connectivity index is 1.97. The van der Waals surface area contributed by atoms with Crippen molar-refractivity contribution in [1.29, 1.82) is 0 Å². The van der Waals surface area contributed by atoms with Gasteiger partial charge < -0.3 is 10.6 Å². The molecule has 1 saturated heterocycles. The average Bonchev–Trinajstić information content (AvgIpc) is 2.19. The molecule has 1 aliphatic carbocycles. The summed E-state index contributed by atoms with van der Waals surface area (Å²) < 4.78 is 0. The van der Waals surface area contributed by atoms with Crippen LogP contribution in [0.5, 0.6) is 0 Å². The van der Waals surface area contributed by atoms with Gasteiger partial charge >= 0.3 is 0 Å². The van der Waals surface area contributed by atoms with Crippen LogP contribution < -0.4 is 10.6 Å². The van der Waals surface area contributed by atoms with Gasteiger partial charge in [0.05, 0.1) is 0 Å². The third-order valence-corrected chi connectivity index (χ3v) is 3.93. The highest BCUT2D eigenvalue weighted by molar-refractivity contribution is 4.99. The molecule has 1 unspecified atom stereocenters. The van der Waals surface area contributed by atoms with Crippen molar-refractivity contribution < 1.29 is 0 Å². The third-order valence-electron chi connectivity index (χ3n) is 3.93. The fourth-order valence-electron chi connectivity index (χ4n) is 2.91. The van der Waals surface area contributed by atoms with Crippen LogP contribution in [0.2, 0.25) is 0 Å². The molecule has 82 valence electrons. The second-order valence-electron chi connectivity index (χ2n) is 5.47. The Kier molecular flexibility index (Phi) is 3.13. The highest BCUT2D eigenvalue weighted by Crippen LogP contribution is 2.30. The minimum Gasteiger partial charge on any atom is -0.313 e. The van der Waals surface area contributed by atoms with Gasteiger partial charge in [-0.1, -0.05) is 33.1 Å². The molecular weight excluding hydrogens is 172 g/mol. The zero-order valence-corrected chi connectivity index (χ0v) is 9.60. The van der Waals surface area contributed by atoms with Gasteiger partial charge in [0.2, 0.25) is 0 Å². The van der Waals surface area contributed by atoms with Crippen LogP contribution >= 0.6 is 0 Å².